The van der Waals surface area contributed by atoms with Crippen LogP contribution < -0.4 is 27.9 Å². The van der Waals surface area contributed by atoms with Crippen molar-refractivity contribution in [3.05, 3.63) is 24.3 Å². The van der Waals surface area contributed by atoms with Crippen LogP contribution in [0.25, 0.3) is 0 Å². The summed E-state index contributed by atoms with van der Waals surface area (Å²) in [6.07, 6.45) is 4.31. The molecule has 9 nitrogen and oxygen atoms in total. The zero-order chi connectivity index (χ0) is 13.3. The smallest absolute Gasteiger partial charge is 0.258 e. The molecule has 0 spiro atoms. The molecule has 1 aliphatic rings. The maximum atomic E-state index is 10.3. The molecule has 7 N–H and O–H groups in total. The molecule has 1 heterocycles. The second-order valence-electron chi connectivity index (χ2n) is 2.54. The average molecular weight is 241 g/mol. The van der Waals surface area contributed by atoms with Crippen LogP contribution in [0.1, 0.15) is 0 Å². The van der Waals surface area contributed by atoms with Crippen LogP contribution in [0.2, 0.25) is 0 Å². The number of hydrogen-bond donors (Lipinski definition) is 5. The number of imide groups is 1. The second-order valence-corrected chi connectivity index (χ2v) is 2.54. The molecule has 92 valence electrons. The first-order valence-corrected chi connectivity index (χ1v) is 4.22. The van der Waals surface area contributed by atoms with Gasteiger partial charge >= 0.3 is 0 Å². The van der Waals surface area contributed by atoms with Gasteiger partial charge in [0, 0.05) is 24.3 Å². The number of carbonyl (C=O) groups excluding carboxylic acids is 4. The van der Waals surface area contributed by atoms with E-state index in [1.165, 1.54) is 12.2 Å². The Balaban J connectivity index is 0.000000318. The van der Waals surface area contributed by atoms with E-state index in [2.05, 4.69) is 11.7 Å². The quantitative estimate of drug-likeness (QED) is 0.112. The van der Waals surface area contributed by atoms with Gasteiger partial charge in [0.15, 0.2) is 0 Å². The van der Waals surface area contributed by atoms with Crippen LogP contribution in [0.15, 0.2) is 24.3 Å². The standard InChI is InChI=1S/C4H8N4O2.C4H3NO2/c5-7-3(9)1-2-4(10)8-6;6-3-1-2-4(7)5-3/h1-2H,5-6H2,(H,7,9)(H,8,10);1-2H,(H,5,6,7)/b2-1-;. The first kappa shape index (κ1) is 14.5. The van der Waals surface area contributed by atoms with Crippen molar-refractivity contribution in [1.29, 1.82) is 0 Å². The van der Waals surface area contributed by atoms with Crippen LogP contribution in [0.3, 0.4) is 0 Å². The molecule has 0 atom stereocenters. The molecule has 4 amide bonds. The molecule has 0 aliphatic carbocycles. The second kappa shape index (κ2) is 7.73. The van der Waals surface area contributed by atoms with Gasteiger partial charge in [-0.3, -0.25) is 35.3 Å². The van der Waals surface area contributed by atoms with Gasteiger partial charge in [-0.15, -0.1) is 0 Å². The zero-order valence-electron chi connectivity index (χ0n) is 8.60. The van der Waals surface area contributed by atoms with Crippen LogP contribution in [0.5, 0.6) is 0 Å². The van der Waals surface area contributed by atoms with Crippen molar-refractivity contribution in [2.75, 3.05) is 0 Å². The van der Waals surface area contributed by atoms with Crippen molar-refractivity contribution in [3.63, 3.8) is 0 Å². The number of nitrogens with one attached hydrogen (secondary N) is 3. The van der Waals surface area contributed by atoms with E-state index in [0.29, 0.717) is 0 Å². The molecule has 0 aromatic heterocycles. The highest BCUT2D eigenvalue weighted by Crippen LogP contribution is 1.82. The maximum absolute atomic E-state index is 10.3. The van der Waals surface area contributed by atoms with Gasteiger partial charge in [-0.1, -0.05) is 0 Å². The summed E-state index contributed by atoms with van der Waals surface area (Å²) in [5.41, 5.74) is 3.60. The topological polar surface area (TPSA) is 156 Å². The van der Waals surface area contributed by atoms with Gasteiger partial charge in [0.1, 0.15) is 0 Å². The Morgan fingerprint density at radius 3 is 1.53 bits per heavy atom. The fourth-order valence-electron chi connectivity index (χ4n) is 0.604. The summed E-state index contributed by atoms with van der Waals surface area (Å²) in [6.45, 7) is 0. The van der Waals surface area contributed by atoms with E-state index < -0.39 is 11.8 Å². The normalized spacial score (nSPS) is 12.8. The third-order valence-corrected chi connectivity index (χ3v) is 1.30. The van der Waals surface area contributed by atoms with Gasteiger partial charge in [-0.25, -0.2) is 11.7 Å². The molecule has 0 saturated carbocycles. The Labute approximate surface area is 95.8 Å². The molecule has 0 bridgehead atoms. The molecule has 17 heavy (non-hydrogen) atoms. The predicted molar refractivity (Wildman–Crippen MR) is 56.1 cm³/mol. The summed E-state index contributed by atoms with van der Waals surface area (Å²) in [7, 11) is 0. The highest BCUT2D eigenvalue weighted by atomic mass is 16.2. The average Bonchev–Trinajstić information content (AvgIpc) is 2.70. The van der Waals surface area contributed by atoms with Gasteiger partial charge < -0.3 is 0 Å². The molecule has 0 aromatic carbocycles. The first-order chi connectivity index (χ1) is 7.99. The van der Waals surface area contributed by atoms with E-state index in [9.17, 15) is 19.2 Å². The molecule has 9 heteroatoms. The fourth-order valence-corrected chi connectivity index (χ4v) is 0.604. The maximum Gasteiger partial charge on any atom is 0.258 e. The van der Waals surface area contributed by atoms with Crippen molar-refractivity contribution in [1.82, 2.24) is 16.2 Å². The SMILES string of the molecule is NNC(=O)/C=C\C(=O)NN.O=C1C=CC(=O)N1. The minimum absolute atomic E-state index is 0.329. The Morgan fingerprint density at radius 1 is 1.00 bits per heavy atom. The fraction of sp³-hybridized carbons (Fsp3) is 0. The van der Waals surface area contributed by atoms with Gasteiger partial charge in [0.25, 0.3) is 23.6 Å². The lowest BCUT2D eigenvalue weighted by Gasteiger charge is -1.89. The molecule has 1 rings (SSSR count). The number of carbonyl (C=O) groups is 4. The first-order valence-electron chi connectivity index (χ1n) is 4.22. The summed E-state index contributed by atoms with van der Waals surface area (Å²) in [5, 5.41) is 2.03. The Hall–Kier alpha value is -2.52. The summed E-state index contributed by atoms with van der Waals surface area (Å²) in [5.74, 6) is 7.58. The van der Waals surface area contributed by atoms with Crippen LogP contribution in [0, 0.1) is 0 Å². The number of hydrazine groups is 2. The number of hydrogen-bond acceptors (Lipinski definition) is 6. The van der Waals surface area contributed by atoms with E-state index in [0.717, 1.165) is 12.2 Å². The summed E-state index contributed by atoms with van der Waals surface area (Å²) in [4.78, 5) is 40.6. The summed E-state index contributed by atoms with van der Waals surface area (Å²) >= 11 is 0. The molecule has 0 aromatic rings. The molecule has 0 radical (unpaired) electrons. The molecular weight excluding hydrogens is 230 g/mol. The Morgan fingerprint density at radius 2 is 1.35 bits per heavy atom. The van der Waals surface area contributed by atoms with Crippen molar-refractivity contribution in [2.45, 2.75) is 0 Å². The molecular formula is C8H11N5O4. The van der Waals surface area contributed by atoms with Gasteiger partial charge in [0.05, 0.1) is 0 Å². The monoisotopic (exact) mass is 241 g/mol. The van der Waals surface area contributed by atoms with Crippen molar-refractivity contribution < 1.29 is 19.2 Å². The number of rotatable bonds is 2. The number of nitrogens with two attached hydrogens (primary N) is 2. The Bertz CT molecular complexity index is 353. The molecule has 1 aliphatic heterocycles. The molecule has 0 saturated heterocycles. The highest BCUT2D eigenvalue weighted by molar-refractivity contribution is 6.12. The van der Waals surface area contributed by atoms with Crippen molar-refractivity contribution in [3.8, 4) is 0 Å². The van der Waals surface area contributed by atoms with Crippen LogP contribution in [0.4, 0.5) is 0 Å². The van der Waals surface area contributed by atoms with E-state index in [4.69, 9.17) is 0 Å². The van der Waals surface area contributed by atoms with Gasteiger partial charge in [-0.05, 0) is 0 Å². The lowest BCUT2D eigenvalue weighted by Crippen LogP contribution is -2.30. The lowest BCUT2D eigenvalue weighted by molar-refractivity contribution is -0.123. The number of amides is 4. The third kappa shape index (κ3) is 7.41. The summed E-state index contributed by atoms with van der Waals surface area (Å²) in [6, 6.07) is 0. The van der Waals surface area contributed by atoms with E-state index in [1.807, 2.05) is 5.32 Å². The molecule has 0 fully saturated rings. The lowest BCUT2D eigenvalue weighted by atomic mass is 10.4. The minimum Gasteiger partial charge on any atom is -0.291 e. The van der Waals surface area contributed by atoms with Crippen LogP contribution in [-0.2, 0) is 19.2 Å². The predicted octanol–water partition coefficient (Wildman–Crippen LogP) is -3.28. The van der Waals surface area contributed by atoms with Crippen molar-refractivity contribution >= 4 is 23.6 Å². The highest BCUT2D eigenvalue weighted by Gasteiger charge is 2.06. The third-order valence-electron chi connectivity index (χ3n) is 1.30. The summed E-state index contributed by atoms with van der Waals surface area (Å²) < 4.78 is 0. The van der Waals surface area contributed by atoms with Crippen molar-refractivity contribution in [2.24, 2.45) is 11.7 Å². The zero-order valence-corrected chi connectivity index (χ0v) is 8.60. The van der Waals surface area contributed by atoms with Crippen LogP contribution >= 0.6 is 0 Å². The van der Waals surface area contributed by atoms with E-state index in [-0.39, 0.29) is 11.8 Å². The van der Waals surface area contributed by atoms with Gasteiger partial charge in [0.2, 0.25) is 0 Å². The minimum atomic E-state index is -0.566. The Kier molecular flexibility index (Phi) is 6.58. The molecule has 0 unspecified atom stereocenters. The largest absolute Gasteiger partial charge is 0.291 e. The van der Waals surface area contributed by atoms with E-state index in [1.54, 1.807) is 10.9 Å². The van der Waals surface area contributed by atoms with Gasteiger partial charge in [-0.2, -0.15) is 0 Å². The van der Waals surface area contributed by atoms with Crippen LogP contribution in [-0.4, -0.2) is 23.6 Å². The van der Waals surface area contributed by atoms with E-state index >= 15 is 0 Å².